The summed E-state index contributed by atoms with van der Waals surface area (Å²) in [6, 6.07) is 10.6. The van der Waals surface area contributed by atoms with E-state index in [2.05, 4.69) is 35.8 Å². The van der Waals surface area contributed by atoms with Gasteiger partial charge in [0.05, 0.1) is 14.2 Å². The van der Waals surface area contributed by atoms with Crippen molar-refractivity contribution in [2.24, 2.45) is 0 Å². The lowest BCUT2D eigenvalue weighted by molar-refractivity contribution is 0.405. The molecule has 0 aliphatic carbocycles. The predicted molar refractivity (Wildman–Crippen MR) is 88.6 cm³/mol. The Morgan fingerprint density at radius 1 is 1.19 bits per heavy atom. The van der Waals surface area contributed by atoms with E-state index in [1.165, 1.54) is 10.4 Å². The highest BCUT2D eigenvalue weighted by molar-refractivity contribution is 7.10. The summed E-state index contributed by atoms with van der Waals surface area (Å²) in [5.41, 5.74) is 1.22. The van der Waals surface area contributed by atoms with Crippen LogP contribution >= 0.6 is 11.3 Å². The largest absolute Gasteiger partial charge is 0.496 e. The standard InChI is InChI=1S/C17H23NO2S/c1-4-9-18-15(17-11-14(19-2)12-21-17)10-13-7-5-6-8-16(13)20-3/h5-8,11-12,15,18H,4,9-10H2,1-3H3. The molecule has 4 heteroatoms. The van der Waals surface area contributed by atoms with Crippen LogP contribution in [-0.2, 0) is 6.42 Å². The molecule has 0 aliphatic rings. The third-order valence-electron chi connectivity index (χ3n) is 3.43. The molecule has 0 aliphatic heterocycles. The Morgan fingerprint density at radius 2 is 2.00 bits per heavy atom. The zero-order valence-electron chi connectivity index (χ0n) is 12.9. The fraction of sp³-hybridized carbons (Fsp3) is 0.412. The molecule has 2 aromatic rings. The van der Waals surface area contributed by atoms with Crippen LogP contribution in [0.2, 0.25) is 0 Å². The number of hydrogen-bond donors (Lipinski definition) is 1. The first kappa shape index (κ1) is 15.9. The highest BCUT2D eigenvalue weighted by atomic mass is 32.1. The molecular formula is C17H23NO2S. The molecule has 0 amide bonds. The van der Waals surface area contributed by atoms with E-state index in [1.54, 1.807) is 25.6 Å². The summed E-state index contributed by atoms with van der Waals surface area (Å²) in [6.07, 6.45) is 2.03. The second-order valence-corrected chi connectivity index (χ2v) is 5.85. The summed E-state index contributed by atoms with van der Waals surface area (Å²) in [7, 11) is 3.43. The third kappa shape index (κ3) is 4.22. The number of rotatable bonds is 8. The van der Waals surface area contributed by atoms with Gasteiger partial charge in [-0.2, -0.15) is 0 Å². The highest BCUT2D eigenvalue weighted by Crippen LogP contribution is 2.31. The smallest absolute Gasteiger partial charge is 0.129 e. The maximum absolute atomic E-state index is 5.46. The molecular weight excluding hydrogens is 282 g/mol. The molecule has 21 heavy (non-hydrogen) atoms. The van der Waals surface area contributed by atoms with Crippen LogP contribution < -0.4 is 14.8 Å². The molecule has 0 fully saturated rings. The Labute approximate surface area is 130 Å². The Kier molecular flexibility index (Phi) is 6.08. The van der Waals surface area contributed by atoms with Crippen LogP contribution in [0, 0.1) is 0 Å². The molecule has 1 aromatic carbocycles. The van der Waals surface area contributed by atoms with Gasteiger partial charge in [0.2, 0.25) is 0 Å². The number of thiophene rings is 1. The Morgan fingerprint density at radius 3 is 2.67 bits per heavy atom. The minimum Gasteiger partial charge on any atom is -0.496 e. The van der Waals surface area contributed by atoms with Gasteiger partial charge in [0.25, 0.3) is 0 Å². The molecule has 114 valence electrons. The molecule has 1 unspecified atom stereocenters. The monoisotopic (exact) mass is 305 g/mol. The van der Waals surface area contributed by atoms with Gasteiger partial charge in [-0.15, -0.1) is 11.3 Å². The molecule has 2 rings (SSSR count). The zero-order chi connectivity index (χ0) is 15.1. The first-order chi connectivity index (χ1) is 10.3. The topological polar surface area (TPSA) is 30.5 Å². The van der Waals surface area contributed by atoms with Gasteiger partial charge in [-0.25, -0.2) is 0 Å². The maximum Gasteiger partial charge on any atom is 0.129 e. The molecule has 1 atom stereocenters. The normalized spacial score (nSPS) is 12.1. The molecule has 0 saturated carbocycles. The molecule has 1 aromatic heterocycles. The Balaban J connectivity index is 2.19. The summed E-state index contributed by atoms with van der Waals surface area (Å²) in [4.78, 5) is 1.30. The lowest BCUT2D eigenvalue weighted by atomic mass is 10.0. The van der Waals surface area contributed by atoms with Gasteiger partial charge < -0.3 is 14.8 Å². The van der Waals surface area contributed by atoms with Crippen molar-refractivity contribution < 1.29 is 9.47 Å². The van der Waals surface area contributed by atoms with Gasteiger partial charge in [0.15, 0.2) is 0 Å². The number of nitrogens with one attached hydrogen (secondary N) is 1. The van der Waals surface area contributed by atoms with Crippen molar-refractivity contribution in [3.8, 4) is 11.5 Å². The fourth-order valence-electron chi connectivity index (χ4n) is 2.31. The van der Waals surface area contributed by atoms with Gasteiger partial charge in [0.1, 0.15) is 11.5 Å². The van der Waals surface area contributed by atoms with Crippen molar-refractivity contribution in [3.05, 3.63) is 46.2 Å². The van der Waals surface area contributed by atoms with E-state index in [4.69, 9.17) is 9.47 Å². The third-order valence-corrected chi connectivity index (χ3v) is 4.46. The van der Waals surface area contributed by atoms with Gasteiger partial charge in [0, 0.05) is 16.3 Å². The first-order valence-electron chi connectivity index (χ1n) is 7.26. The number of methoxy groups -OCH3 is 2. The molecule has 0 saturated heterocycles. The number of benzene rings is 1. The Hall–Kier alpha value is -1.52. The Bertz CT molecular complexity index is 553. The summed E-state index contributed by atoms with van der Waals surface area (Å²) < 4.78 is 10.8. The average Bonchev–Trinajstić information content (AvgIpc) is 3.00. The number of para-hydroxylation sites is 1. The summed E-state index contributed by atoms with van der Waals surface area (Å²) in [5.74, 6) is 1.88. The molecule has 3 nitrogen and oxygen atoms in total. The quantitative estimate of drug-likeness (QED) is 0.798. The van der Waals surface area contributed by atoms with Gasteiger partial charge in [-0.3, -0.25) is 0 Å². The molecule has 0 spiro atoms. The van der Waals surface area contributed by atoms with Crippen LogP contribution in [0.25, 0.3) is 0 Å². The van der Waals surface area contributed by atoms with E-state index in [9.17, 15) is 0 Å². The van der Waals surface area contributed by atoms with E-state index in [1.807, 2.05) is 12.1 Å². The summed E-state index contributed by atoms with van der Waals surface area (Å²) in [6.45, 7) is 3.18. The molecule has 1 heterocycles. The minimum absolute atomic E-state index is 0.287. The summed E-state index contributed by atoms with van der Waals surface area (Å²) >= 11 is 1.74. The zero-order valence-corrected chi connectivity index (χ0v) is 13.7. The molecule has 1 N–H and O–H groups in total. The first-order valence-corrected chi connectivity index (χ1v) is 8.14. The van der Waals surface area contributed by atoms with Gasteiger partial charge >= 0.3 is 0 Å². The van der Waals surface area contributed by atoms with Crippen molar-refractivity contribution >= 4 is 11.3 Å². The van der Waals surface area contributed by atoms with E-state index < -0.39 is 0 Å². The van der Waals surface area contributed by atoms with Crippen LogP contribution in [0.4, 0.5) is 0 Å². The van der Waals surface area contributed by atoms with Gasteiger partial charge in [-0.1, -0.05) is 25.1 Å². The van der Waals surface area contributed by atoms with Crippen molar-refractivity contribution in [2.75, 3.05) is 20.8 Å². The fourth-order valence-corrected chi connectivity index (χ4v) is 3.24. The van der Waals surface area contributed by atoms with Crippen molar-refractivity contribution in [3.63, 3.8) is 0 Å². The highest BCUT2D eigenvalue weighted by Gasteiger charge is 2.16. The van der Waals surface area contributed by atoms with E-state index in [-0.39, 0.29) is 6.04 Å². The minimum atomic E-state index is 0.287. The van der Waals surface area contributed by atoms with Crippen molar-refractivity contribution in [1.82, 2.24) is 5.32 Å². The average molecular weight is 305 g/mol. The van der Waals surface area contributed by atoms with Crippen LogP contribution in [0.1, 0.15) is 29.8 Å². The van der Waals surface area contributed by atoms with Crippen LogP contribution in [0.5, 0.6) is 11.5 Å². The van der Waals surface area contributed by atoms with E-state index in [0.717, 1.165) is 30.9 Å². The SMILES string of the molecule is CCCNC(Cc1ccccc1OC)c1cc(OC)cs1. The maximum atomic E-state index is 5.46. The van der Waals surface area contributed by atoms with Crippen LogP contribution in [0.15, 0.2) is 35.7 Å². The van der Waals surface area contributed by atoms with E-state index in [0.29, 0.717) is 0 Å². The molecule has 0 radical (unpaired) electrons. The second-order valence-electron chi connectivity index (χ2n) is 4.91. The summed E-state index contributed by atoms with van der Waals surface area (Å²) in [5, 5.41) is 5.68. The van der Waals surface area contributed by atoms with Crippen LogP contribution in [-0.4, -0.2) is 20.8 Å². The van der Waals surface area contributed by atoms with Gasteiger partial charge in [-0.05, 0) is 37.1 Å². The molecule has 0 bridgehead atoms. The lowest BCUT2D eigenvalue weighted by Crippen LogP contribution is -2.23. The number of hydrogen-bond acceptors (Lipinski definition) is 4. The van der Waals surface area contributed by atoms with E-state index >= 15 is 0 Å². The van der Waals surface area contributed by atoms with Crippen molar-refractivity contribution in [1.29, 1.82) is 0 Å². The van der Waals surface area contributed by atoms with Crippen LogP contribution in [0.3, 0.4) is 0 Å². The number of ether oxygens (including phenoxy) is 2. The second kappa shape index (κ2) is 8.05. The lowest BCUT2D eigenvalue weighted by Gasteiger charge is -2.18. The predicted octanol–water partition coefficient (Wildman–Crippen LogP) is 4.05. The van der Waals surface area contributed by atoms with Crippen molar-refractivity contribution in [2.45, 2.75) is 25.8 Å².